The monoisotopic (exact) mass is 250 g/mol. The third kappa shape index (κ3) is 3.76. The van der Waals surface area contributed by atoms with Crippen LogP contribution in [0.15, 0.2) is 24.3 Å². The molecule has 5 nitrogen and oxygen atoms in total. The van der Waals surface area contributed by atoms with Crippen molar-refractivity contribution in [1.82, 2.24) is 4.90 Å². The minimum absolute atomic E-state index is 0.00839. The number of benzene rings is 1. The summed E-state index contributed by atoms with van der Waals surface area (Å²) in [4.78, 5) is 24.3. The molecule has 0 fully saturated rings. The molecule has 18 heavy (non-hydrogen) atoms. The van der Waals surface area contributed by atoms with Gasteiger partial charge in [-0.05, 0) is 19.1 Å². The van der Waals surface area contributed by atoms with Crippen LogP contribution in [-0.2, 0) is 4.79 Å². The summed E-state index contributed by atoms with van der Waals surface area (Å²) in [7, 11) is 1.74. The molecule has 0 spiro atoms. The normalized spacial score (nSPS) is 9.89. The quantitative estimate of drug-likeness (QED) is 0.819. The zero-order chi connectivity index (χ0) is 13.5. The van der Waals surface area contributed by atoms with Crippen LogP contribution in [-0.4, -0.2) is 36.9 Å². The Labute approximate surface area is 107 Å². The summed E-state index contributed by atoms with van der Waals surface area (Å²) in [6.45, 7) is 2.80. The Morgan fingerprint density at radius 1 is 1.33 bits per heavy atom. The summed E-state index contributed by atoms with van der Waals surface area (Å²) in [5.41, 5.74) is 5.55. The van der Waals surface area contributed by atoms with Crippen LogP contribution < -0.4 is 10.5 Å². The van der Waals surface area contributed by atoms with Crippen LogP contribution in [0.25, 0.3) is 0 Å². The number of nitrogens with zero attached hydrogens (tertiary/aromatic N) is 1. The van der Waals surface area contributed by atoms with Crippen LogP contribution in [0, 0.1) is 0 Å². The Kier molecular flexibility index (Phi) is 5.17. The summed E-state index contributed by atoms with van der Waals surface area (Å²) < 4.78 is 5.42. The lowest BCUT2D eigenvalue weighted by molar-refractivity contribution is -0.130. The average molecular weight is 250 g/mol. The molecule has 0 aliphatic rings. The second-order valence-electron chi connectivity index (χ2n) is 3.87. The summed E-state index contributed by atoms with van der Waals surface area (Å²) in [6, 6.07) is 6.72. The first-order chi connectivity index (χ1) is 8.56. The molecule has 0 aromatic heterocycles. The topological polar surface area (TPSA) is 72.6 Å². The average Bonchev–Trinajstić information content (AvgIpc) is 2.38. The molecular weight excluding hydrogens is 232 g/mol. The number of ether oxygens (including phenoxy) is 1. The predicted molar refractivity (Wildman–Crippen MR) is 68.4 cm³/mol. The highest BCUT2D eigenvalue weighted by molar-refractivity contribution is 5.95. The molecule has 0 unspecified atom stereocenters. The molecule has 5 heteroatoms. The van der Waals surface area contributed by atoms with Gasteiger partial charge in [-0.15, -0.1) is 0 Å². The molecule has 0 atom stereocenters. The number of amides is 2. The highest BCUT2D eigenvalue weighted by Gasteiger charge is 2.10. The van der Waals surface area contributed by atoms with Gasteiger partial charge in [-0.3, -0.25) is 9.59 Å². The van der Waals surface area contributed by atoms with E-state index in [0.29, 0.717) is 17.9 Å². The van der Waals surface area contributed by atoms with Crippen molar-refractivity contribution < 1.29 is 14.3 Å². The lowest BCUT2D eigenvalue weighted by Gasteiger charge is -2.15. The maximum Gasteiger partial charge on any atom is 0.252 e. The SMILES string of the molecule is CCN(C)C(=O)CCOc1ccccc1C(N)=O. The zero-order valence-corrected chi connectivity index (χ0v) is 10.7. The smallest absolute Gasteiger partial charge is 0.252 e. The van der Waals surface area contributed by atoms with Gasteiger partial charge in [-0.25, -0.2) is 0 Å². The largest absolute Gasteiger partial charge is 0.492 e. The molecule has 2 amide bonds. The lowest BCUT2D eigenvalue weighted by atomic mass is 10.2. The van der Waals surface area contributed by atoms with E-state index < -0.39 is 5.91 Å². The van der Waals surface area contributed by atoms with Crippen molar-refractivity contribution in [3.63, 3.8) is 0 Å². The van der Waals surface area contributed by atoms with Gasteiger partial charge in [0.15, 0.2) is 0 Å². The van der Waals surface area contributed by atoms with Crippen LogP contribution in [0.2, 0.25) is 0 Å². The van der Waals surface area contributed by atoms with Gasteiger partial charge >= 0.3 is 0 Å². The number of hydrogen-bond acceptors (Lipinski definition) is 3. The Morgan fingerprint density at radius 2 is 2.00 bits per heavy atom. The lowest BCUT2D eigenvalue weighted by Crippen LogP contribution is -2.27. The maximum absolute atomic E-state index is 11.5. The first-order valence-electron chi connectivity index (χ1n) is 5.81. The van der Waals surface area contributed by atoms with E-state index in [9.17, 15) is 9.59 Å². The molecule has 2 N–H and O–H groups in total. The van der Waals surface area contributed by atoms with Gasteiger partial charge in [0.25, 0.3) is 5.91 Å². The second kappa shape index (κ2) is 6.64. The van der Waals surface area contributed by atoms with E-state index in [0.717, 1.165) is 0 Å². The van der Waals surface area contributed by atoms with Crippen LogP contribution in [0.4, 0.5) is 0 Å². The minimum atomic E-state index is -0.539. The number of primary amides is 1. The highest BCUT2D eigenvalue weighted by Crippen LogP contribution is 2.17. The summed E-state index contributed by atoms with van der Waals surface area (Å²) in [5.74, 6) is -0.117. The maximum atomic E-state index is 11.5. The fourth-order valence-corrected chi connectivity index (χ4v) is 1.41. The standard InChI is InChI=1S/C13H18N2O3/c1-3-15(2)12(16)8-9-18-11-7-5-4-6-10(11)13(14)17/h4-7H,3,8-9H2,1-2H3,(H2,14,17). The van der Waals surface area contributed by atoms with E-state index >= 15 is 0 Å². The van der Waals surface area contributed by atoms with Gasteiger partial charge in [0, 0.05) is 13.6 Å². The van der Waals surface area contributed by atoms with Crippen molar-refractivity contribution >= 4 is 11.8 Å². The number of rotatable bonds is 6. The van der Waals surface area contributed by atoms with Crippen molar-refractivity contribution in [3.05, 3.63) is 29.8 Å². The third-order valence-corrected chi connectivity index (χ3v) is 2.63. The van der Waals surface area contributed by atoms with E-state index in [-0.39, 0.29) is 18.9 Å². The first kappa shape index (κ1) is 14.0. The summed E-state index contributed by atoms with van der Waals surface area (Å²) in [6.07, 6.45) is 0.275. The van der Waals surface area contributed by atoms with Gasteiger partial charge in [0.2, 0.25) is 5.91 Å². The molecule has 0 saturated carbocycles. The Balaban J connectivity index is 2.54. The Hall–Kier alpha value is -2.04. The first-order valence-corrected chi connectivity index (χ1v) is 5.81. The van der Waals surface area contributed by atoms with E-state index in [1.165, 1.54) is 0 Å². The van der Waals surface area contributed by atoms with E-state index in [1.54, 1.807) is 36.2 Å². The zero-order valence-electron chi connectivity index (χ0n) is 10.7. The number of carbonyl (C=O) groups excluding carboxylic acids is 2. The molecule has 1 aromatic rings. The Morgan fingerprint density at radius 3 is 2.61 bits per heavy atom. The molecule has 1 rings (SSSR count). The molecule has 0 aliphatic heterocycles. The minimum Gasteiger partial charge on any atom is -0.492 e. The fourth-order valence-electron chi connectivity index (χ4n) is 1.41. The molecule has 0 saturated heterocycles. The molecule has 1 aromatic carbocycles. The van der Waals surface area contributed by atoms with Crippen LogP contribution in [0.1, 0.15) is 23.7 Å². The van der Waals surface area contributed by atoms with Crippen molar-refractivity contribution in [3.8, 4) is 5.75 Å². The molecular formula is C13H18N2O3. The van der Waals surface area contributed by atoms with Gasteiger partial charge < -0.3 is 15.4 Å². The van der Waals surface area contributed by atoms with E-state index in [2.05, 4.69) is 0 Å². The number of hydrogen-bond donors (Lipinski definition) is 1. The van der Waals surface area contributed by atoms with Gasteiger partial charge in [0.05, 0.1) is 18.6 Å². The van der Waals surface area contributed by atoms with Crippen molar-refractivity contribution in [2.75, 3.05) is 20.2 Å². The second-order valence-corrected chi connectivity index (χ2v) is 3.87. The third-order valence-electron chi connectivity index (χ3n) is 2.63. The van der Waals surface area contributed by atoms with Gasteiger partial charge in [-0.2, -0.15) is 0 Å². The Bertz CT molecular complexity index is 432. The van der Waals surface area contributed by atoms with Crippen LogP contribution in [0.3, 0.4) is 0 Å². The van der Waals surface area contributed by atoms with Gasteiger partial charge in [0.1, 0.15) is 5.75 Å². The van der Waals surface area contributed by atoms with Crippen molar-refractivity contribution in [2.45, 2.75) is 13.3 Å². The van der Waals surface area contributed by atoms with Gasteiger partial charge in [-0.1, -0.05) is 12.1 Å². The molecule has 0 heterocycles. The predicted octanol–water partition coefficient (Wildman–Crippen LogP) is 1.03. The number of carbonyl (C=O) groups is 2. The molecule has 98 valence electrons. The van der Waals surface area contributed by atoms with Crippen LogP contribution >= 0.6 is 0 Å². The van der Waals surface area contributed by atoms with E-state index in [1.807, 2.05) is 6.92 Å². The molecule has 0 bridgehead atoms. The highest BCUT2D eigenvalue weighted by atomic mass is 16.5. The summed E-state index contributed by atoms with van der Waals surface area (Å²) >= 11 is 0. The van der Waals surface area contributed by atoms with E-state index in [4.69, 9.17) is 10.5 Å². The summed E-state index contributed by atoms with van der Waals surface area (Å²) in [5, 5.41) is 0. The van der Waals surface area contributed by atoms with Crippen molar-refractivity contribution in [2.24, 2.45) is 5.73 Å². The number of nitrogens with two attached hydrogens (primary N) is 1. The molecule has 0 aliphatic carbocycles. The fraction of sp³-hybridized carbons (Fsp3) is 0.385. The van der Waals surface area contributed by atoms with Crippen molar-refractivity contribution in [1.29, 1.82) is 0 Å². The molecule has 0 radical (unpaired) electrons. The number of para-hydroxylation sites is 1. The van der Waals surface area contributed by atoms with Crippen LogP contribution in [0.5, 0.6) is 5.75 Å².